The second kappa shape index (κ2) is 6.51. The minimum absolute atomic E-state index is 0.0720. The van der Waals surface area contributed by atoms with Crippen molar-refractivity contribution in [1.82, 2.24) is 0 Å². The topological polar surface area (TPSA) is 52.6 Å². The molecule has 0 heterocycles. The maximum Gasteiger partial charge on any atom is 0.309 e. The molecule has 0 aliphatic heterocycles. The highest BCUT2D eigenvalue weighted by molar-refractivity contribution is 5.80. The molecule has 0 aromatic heterocycles. The molecule has 4 heteroatoms. The van der Waals surface area contributed by atoms with E-state index in [0.717, 1.165) is 12.8 Å². The minimum atomic E-state index is -0.545. The van der Waals surface area contributed by atoms with Gasteiger partial charge in [-0.05, 0) is 50.7 Å². The van der Waals surface area contributed by atoms with E-state index >= 15 is 0 Å². The largest absolute Gasteiger partial charge is 0.469 e. The van der Waals surface area contributed by atoms with Gasteiger partial charge < -0.3 is 9.47 Å². The summed E-state index contributed by atoms with van der Waals surface area (Å²) in [5, 5.41) is 0. The molecule has 120 valence electrons. The van der Waals surface area contributed by atoms with Crippen LogP contribution in [0.2, 0.25) is 0 Å². The average Bonchev–Trinajstić information content (AvgIpc) is 2.85. The van der Waals surface area contributed by atoms with Crippen molar-refractivity contribution < 1.29 is 19.1 Å². The summed E-state index contributed by atoms with van der Waals surface area (Å²) in [7, 11) is 1.37. The first-order chi connectivity index (χ1) is 10.3. The van der Waals surface area contributed by atoms with Gasteiger partial charge in [0, 0.05) is 0 Å². The maximum atomic E-state index is 12.1. The molecule has 0 N–H and O–H groups in total. The fourth-order valence-electron chi connectivity index (χ4n) is 3.03. The van der Waals surface area contributed by atoms with Gasteiger partial charge in [-0.1, -0.05) is 24.3 Å². The number of hydrogen-bond donors (Lipinski definition) is 0. The normalized spacial score (nSPS) is 16.0. The van der Waals surface area contributed by atoms with Gasteiger partial charge in [-0.2, -0.15) is 0 Å². The van der Waals surface area contributed by atoms with Gasteiger partial charge >= 0.3 is 11.9 Å². The van der Waals surface area contributed by atoms with Crippen LogP contribution >= 0.6 is 0 Å². The van der Waals surface area contributed by atoms with Crippen molar-refractivity contribution in [2.24, 2.45) is 11.8 Å². The molecule has 1 aromatic carbocycles. The summed E-state index contributed by atoms with van der Waals surface area (Å²) < 4.78 is 10.3. The predicted molar refractivity (Wildman–Crippen MR) is 83.3 cm³/mol. The van der Waals surface area contributed by atoms with E-state index in [9.17, 15) is 9.59 Å². The van der Waals surface area contributed by atoms with Crippen molar-refractivity contribution >= 4 is 11.9 Å². The van der Waals surface area contributed by atoms with E-state index in [0.29, 0.717) is 0 Å². The second-order valence-electron chi connectivity index (χ2n) is 6.86. The third-order valence-corrected chi connectivity index (χ3v) is 3.96. The monoisotopic (exact) mass is 304 g/mol. The Bertz CT molecular complexity index is 531. The van der Waals surface area contributed by atoms with E-state index in [4.69, 9.17) is 9.47 Å². The van der Waals surface area contributed by atoms with E-state index in [2.05, 4.69) is 12.1 Å². The molecule has 0 bridgehead atoms. The minimum Gasteiger partial charge on any atom is -0.469 e. The summed E-state index contributed by atoms with van der Waals surface area (Å²) in [6.45, 7) is 5.47. The van der Waals surface area contributed by atoms with Crippen molar-refractivity contribution in [2.45, 2.75) is 45.6 Å². The molecular weight excluding hydrogens is 280 g/mol. The van der Waals surface area contributed by atoms with Crippen LogP contribution in [0.3, 0.4) is 0 Å². The smallest absolute Gasteiger partial charge is 0.309 e. The summed E-state index contributed by atoms with van der Waals surface area (Å²) >= 11 is 0. The Kier molecular flexibility index (Phi) is 4.89. The van der Waals surface area contributed by atoms with Crippen LogP contribution in [-0.2, 0) is 31.9 Å². The molecule has 0 radical (unpaired) electrons. The van der Waals surface area contributed by atoms with Crippen LogP contribution in [0.25, 0.3) is 0 Å². The standard InChI is InChI=1S/C18H24O4/c1-18(2,3)22-16(19)11-15(17(20)21-4)14-9-12-7-5-6-8-13(12)10-14/h5-8,14-15H,9-11H2,1-4H3. The highest BCUT2D eigenvalue weighted by Gasteiger charge is 2.36. The molecule has 4 nitrogen and oxygen atoms in total. The number of rotatable bonds is 4. The Morgan fingerprint density at radius 3 is 2.18 bits per heavy atom. The predicted octanol–water partition coefficient (Wildman–Crippen LogP) is 2.92. The molecule has 1 aromatic rings. The van der Waals surface area contributed by atoms with E-state index in [1.54, 1.807) is 0 Å². The third-order valence-electron chi connectivity index (χ3n) is 3.96. The Morgan fingerprint density at radius 1 is 1.18 bits per heavy atom. The highest BCUT2D eigenvalue weighted by atomic mass is 16.6. The Balaban J connectivity index is 2.09. The molecule has 0 fully saturated rings. The Hall–Kier alpha value is -1.84. The lowest BCUT2D eigenvalue weighted by Crippen LogP contribution is -2.31. The van der Waals surface area contributed by atoms with Crippen molar-refractivity contribution in [3.05, 3.63) is 35.4 Å². The lowest BCUT2D eigenvalue weighted by atomic mass is 9.87. The van der Waals surface area contributed by atoms with Crippen LogP contribution in [0.15, 0.2) is 24.3 Å². The summed E-state index contributed by atoms with van der Waals surface area (Å²) in [6.07, 6.45) is 1.68. The average molecular weight is 304 g/mol. The van der Waals surface area contributed by atoms with Crippen molar-refractivity contribution in [2.75, 3.05) is 7.11 Å². The number of carbonyl (C=O) groups is 2. The molecule has 1 aliphatic rings. The Labute approximate surface area is 131 Å². The molecule has 0 saturated heterocycles. The van der Waals surface area contributed by atoms with Crippen LogP contribution in [-0.4, -0.2) is 24.6 Å². The number of ether oxygens (including phenoxy) is 2. The summed E-state index contributed by atoms with van der Waals surface area (Å²) in [6, 6.07) is 8.17. The molecular formula is C18H24O4. The van der Waals surface area contributed by atoms with Gasteiger partial charge in [0.1, 0.15) is 5.60 Å². The van der Waals surface area contributed by atoms with Gasteiger partial charge in [-0.25, -0.2) is 0 Å². The first-order valence-corrected chi connectivity index (χ1v) is 7.66. The number of fused-ring (bicyclic) bond motifs is 1. The zero-order valence-electron chi connectivity index (χ0n) is 13.7. The van der Waals surface area contributed by atoms with Crippen molar-refractivity contribution in [3.8, 4) is 0 Å². The summed E-state index contributed by atoms with van der Waals surface area (Å²) in [5.41, 5.74) is 1.97. The third kappa shape index (κ3) is 4.09. The number of carbonyl (C=O) groups excluding carboxylic acids is 2. The van der Waals surface area contributed by atoms with Gasteiger partial charge in [-0.3, -0.25) is 9.59 Å². The molecule has 1 unspecified atom stereocenters. The number of hydrogen-bond acceptors (Lipinski definition) is 4. The molecule has 1 aliphatic carbocycles. The summed E-state index contributed by atoms with van der Waals surface area (Å²) in [5.74, 6) is -1.04. The number of esters is 2. The van der Waals surface area contributed by atoms with E-state index < -0.39 is 11.5 Å². The van der Waals surface area contributed by atoms with Crippen molar-refractivity contribution in [1.29, 1.82) is 0 Å². The lowest BCUT2D eigenvalue weighted by Gasteiger charge is -2.24. The zero-order valence-corrected chi connectivity index (χ0v) is 13.7. The summed E-state index contributed by atoms with van der Waals surface area (Å²) in [4.78, 5) is 24.2. The zero-order chi connectivity index (χ0) is 16.3. The van der Waals surface area contributed by atoms with Crippen LogP contribution < -0.4 is 0 Å². The van der Waals surface area contributed by atoms with Crippen LogP contribution in [0.4, 0.5) is 0 Å². The van der Waals surface area contributed by atoms with Gasteiger partial charge in [0.25, 0.3) is 0 Å². The molecule has 0 amide bonds. The van der Waals surface area contributed by atoms with Crippen LogP contribution in [0.5, 0.6) is 0 Å². The van der Waals surface area contributed by atoms with E-state index in [-0.39, 0.29) is 24.3 Å². The fraction of sp³-hybridized carbons (Fsp3) is 0.556. The van der Waals surface area contributed by atoms with Crippen LogP contribution in [0, 0.1) is 11.8 Å². The van der Waals surface area contributed by atoms with E-state index in [1.807, 2.05) is 32.9 Å². The first kappa shape index (κ1) is 16.5. The maximum absolute atomic E-state index is 12.1. The van der Waals surface area contributed by atoms with Gasteiger partial charge in [0.05, 0.1) is 19.4 Å². The molecule has 1 atom stereocenters. The van der Waals surface area contributed by atoms with Gasteiger partial charge in [0.2, 0.25) is 0 Å². The second-order valence-corrected chi connectivity index (χ2v) is 6.86. The molecule has 0 spiro atoms. The van der Waals surface area contributed by atoms with Gasteiger partial charge in [-0.15, -0.1) is 0 Å². The van der Waals surface area contributed by atoms with Gasteiger partial charge in [0.15, 0.2) is 0 Å². The quantitative estimate of drug-likeness (QED) is 0.803. The molecule has 2 rings (SSSR count). The number of benzene rings is 1. The SMILES string of the molecule is COC(=O)C(CC(=O)OC(C)(C)C)C1Cc2ccccc2C1. The molecule has 0 saturated carbocycles. The highest BCUT2D eigenvalue weighted by Crippen LogP contribution is 2.34. The first-order valence-electron chi connectivity index (χ1n) is 7.66. The van der Waals surface area contributed by atoms with Crippen LogP contribution in [0.1, 0.15) is 38.3 Å². The van der Waals surface area contributed by atoms with E-state index in [1.165, 1.54) is 18.2 Å². The molecule has 22 heavy (non-hydrogen) atoms. The van der Waals surface area contributed by atoms with Crippen molar-refractivity contribution in [3.63, 3.8) is 0 Å². The number of methoxy groups -OCH3 is 1. The lowest BCUT2D eigenvalue weighted by molar-refractivity contribution is -0.162. The fourth-order valence-corrected chi connectivity index (χ4v) is 3.03. The Morgan fingerprint density at radius 2 is 1.73 bits per heavy atom.